The largest absolute Gasteiger partial charge is 0.493 e. The van der Waals surface area contributed by atoms with E-state index in [0.29, 0.717) is 41.6 Å². The molecule has 2 aromatic rings. The lowest BCUT2D eigenvalue weighted by Gasteiger charge is -2.19. The molecule has 28 heavy (non-hydrogen) atoms. The second kappa shape index (κ2) is 7.56. The van der Waals surface area contributed by atoms with Gasteiger partial charge in [0.05, 0.1) is 21.3 Å². The van der Waals surface area contributed by atoms with Crippen LogP contribution < -0.4 is 24.4 Å². The highest BCUT2D eigenvalue weighted by Crippen LogP contribution is 2.43. The second-order valence-corrected chi connectivity index (χ2v) is 7.34. The van der Waals surface area contributed by atoms with Crippen molar-refractivity contribution in [1.29, 1.82) is 0 Å². The standard InChI is InChI=1S/C18H20N2O7S/c1-25-14-8-11(9-15(26-2)17(14)27-3)13-10-12(20-7-6-19-18(20)21)4-5-16(13)28(22,23)24/h4-5,8-10H,6-7H2,1-3H3,(H,19,21)(H,22,23,24). The smallest absolute Gasteiger partial charge is 0.321 e. The molecule has 10 heteroatoms. The molecule has 2 N–H and O–H groups in total. The van der Waals surface area contributed by atoms with E-state index in [-0.39, 0.29) is 16.5 Å². The average Bonchev–Trinajstić information content (AvgIpc) is 3.11. The van der Waals surface area contributed by atoms with Crippen molar-refractivity contribution < 1.29 is 32.0 Å². The number of nitrogens with zero attached hydrogens (tertiary/aromatic N) is 1. The average molecular weight is 408 g/mol. The molecule has 0 aliphatic carbocycles. The molecule has 0 atom stereocenters. The number of hydrogen-bond acceptors (Lipinski definition) is 6. The number of ether oxygens (including phenoxy) is 3. The monoisotopic (exact) mass is 408 g/mol. The van der Waals surface area contributed by atoms with Crippen LogP contribution in [-0.4, -0.2) is 53.4 Å². The summed E-state index contributed by atoms with van der Waals surface area (Å²) in [6.45, 7) is 0.928. The van der Waals surface area contributed by atoms with Gasteiger partial charge in [-0.3, -0.25) is 9.45 Å². The number of urea groups is 1. The lowest BCUT2D eigenvalue weighted by atomic mass is 10.0. The Balaban J connectivity index is 2.25. The molecule has 1 aliphatic rings. The van der Waals surface area contributed by atoms with E-state index in [1.54, 1.807) is 12.1 Å². The molecule has 2 aromatic carbocycles. The van der Waals surface area contributed by atoms with Crippen molar-refractivity contribution in [2.45, 2.75) is 4.90 Å². The third-order valence-electron chi connectivity index (χ3n) is 4.39. The maximum Gasteiger partial charge on any atom is 0.321 e. The topological polar surface area (TPSA) is 114 Å². The fourth-order valence-electron chi connectivity index (χ4n) is 3.09. The van der Waals surface area contributed by atoms with Gasteiger partial charge >= 0.3 is 6.03 Å². The van der Waals surface area contributed by atoms with Crippen molar-refractivity contribution in [3.8, 4) is 28.4 Å². The fraction of sp³-hybridized carbons (Fsp3) is 0.278. The molecule has 1 fully saturated rings. The summed E-state index contributed by atoms with van der Waals surface area (Å²) < 4.78 is 49.5. The lowest BCUT2D eigenvalue weighted by Crippen LogP contribution is -2.27. The predicted octanol–water partition coefficient (Wildman–Crippen LogP) is 2.16. The highest BCUT2D eigenvalue weighted by atomic mass is 32.2. The van der Waals surface area contributed by atoms with E-state index in [9.17, 15) is 17.8 Å². The van der Waals surface area contributed by atoms with Gasteiger partial charge < -0.3 is 19.5 Å². The molecule has 1 heterocycles. The number of nitrogens with one attached hydrogen (secondary N) is 1. The molecule has 1 aliphatic heterocycles. The van der Waals surface area contributed by atoms with Crippen molar-refractivity contribution >= 4 is 21.8 Å². The van der Waals surface area contributed by atoms with Gasteiger partial charge in [-0.05, 0) is 35.9 Å². The van der Waals surface area contributed by atoms with Crippen molar-refractivity contribution in [3.05, 3.63) is 30.3 Å². The molecule has 2 amide bonds. The molecule has 0 radical (unpaired) electrons. The number of carbonyl (C=O) groups is 1. The first kappa shape index (κ1) is 19.8. The van der Waals surface area contributed by atoms with Gasteiger partial charge in [0.15, 0.2) is 11.5 Å². The number of benzene rings is 2. The first-order chi connectivity index (χ1) is 13.3. The second-order valence-electron chi connectivity index (χ2n) is 5.95. The van der Waals surface area contributed by atoms with Gasteiger partial charge in [0.2, 0.25) is 5.75 Å². The van der Waals surface area contributed by atoms with Crippen LogP contribution in [0.3, 0.4) is 0 Å². The molecule has 1 saturated heterocycles. The molecule has 3 rings (SSSR count). The zero-order valence-electron chi connectivity index (χ0n) is 15.6. The van der Waals surface area contributed by atoms with Crippen molar-refractivity contribution in [3.63, 3.8) is 0 Å². The van der Waals surface area contributed by atoms with E-state index in [4.69, 9.17) is 14.2 Å². The molecule has 9 nitrogen and oxygen atoms in total. The minimum absolute atomic E-state index is 0.193. The normalized spacial score (nSPS) is 14.0. The van der Waals surface area contributed by atoms with E-state index in [1.165, 1.54) is 44.4 Å². The minimum atomic E-state index is -4.52. The van der Waals surface area contributed by atoms with Crippen molar-refractivity contribution in [2.24, 2.45) is 0 Å². The van der Waals surface area contributed by atoms with Crippen LogP contribution in [0, 0.1) is 0 Å². The zero-order chi connectivity index (χ0) is 20.5. The third kappa shape index (κ3) is 3.56. The van der Waals surface area contributed by atoms with Gasteiger partial charge in [0.1, 0.15) is 4.90 Å². The first-order valence-electron chi connectivity index (χ1n) is 8.27. The van der Waals surface area contributed by atoms with Crippen LogP contribution in [0.15, 0.2) is 35.2 Å². The molecule has 0 unspecified atom stereocenters. The van der Waals surface area contributed by atoms with Gasteiger partial charge in [-0.2, -0.15) is 8.42 Å². The van der Waals surface area contributed by atoms with Crippen LogP contribution in [0.25, 0.3) is 11.1 Å². The molecule has 0 spiro atoms. The molecular weight excluding hydrogens is 388 g/mol. The number of hydrogen-bond donors (Lipinski definition) is 2. The van der Waals surface area contributed by atoms with E-state index in [0.717, 1.165) is 0 Å². The summed E-state index contributed by atoms with van der Waals surface area (Å²) in [5, 5.41) is 2.69. The van der Waals surface area contributed by atoms with E-state index < -0.39 is 10.1 Å². The fourth-order valence-corrected chi connectivity index (χ4v) is 3.79. The Hall–Kier alpha value is -2.98. The quantitative estimate of drug-likeness (QED) is 0.704. The first-order valence-corrected chi connectivity index (χ1v) is 9.71. The summed E-state index contributed by atoms with van der Waals surface area (Å²) in [4.78, 5) is 13.2. The summed E-state index contributed by atoms with van der Waals surface area (Å²) in [5.74, 6) is 0.988. The van der Waals surface area contributed by atoms with Gasteiger partial charge in [0.25, 0.3) is 10.1 Å². The lowest BCUT2D eigenvalue weighted by molar-refractivity contribution is 0.252. The molecule has 0 bridgehead atoms. The number of anilines is 1. The van der Waals surface area contributed by atoms with Crippen LogP contribution in [0.4, 0.5) is 10.5 Å². The Kier molecular flexibility index (Phi) is 5.34. The number of amides is 2. The Morgan fingerprint density at radius 2 is 1.68 bits per heavy atom. The van der Waals surface area contributed by atoms with Crippen LogP contribution in [0.2, 0.25) is 0 Å². The summed E-state index contributed by atoms with van der Waals surface area (Å²) in [5.41, 5.74) is 1.09. The number of methoxy groups -OCH3 is 3. The van der Waals surface area contributed by atoms with Gasteiger partial charge in [-0.1, -0.05) is 0 Å². The summed E-state index contributed by atoms with van der Waals surface area (Å²) >= 11 is 0. The minimum Gasteiger partial charge on any atom is -0.493 e. The van der Waals surface area contributed by atoms with Crippen LogP contribution in [0.1, 0.15) is 0 Å². The predicted molar refractivity (Wildman–Crippen MR) is 102 cm³/mol. The van der Waals surface area contributed by atoms with Gasteiger partial charge in [-0.25, -0.2) is 4.79 Å². The van der Waals surface area contributed by atoms with Crippen LogP contribution >= 0.6 is 0 Å². The Bertz CT molecular complexity index is 996. The third-order valence-corrected chi connectivity index (χ3v) is 5.30. The number of rotatable bonds is 6. The maximum atomic E-state index is 12.0. The molecule has 150 valence electrons. The summed E-state index contributed by atoms with van der Waals surface area (Å²) in [7, 11) is -0.187. The van der Waals surface area contributed by atoms with E-state index in [2.05, 4.69) is 5.32 Å². The van der Waals surface area contributed by atoms with Crippen LogP contribution in [-0.2, 0) is 10.1 Å². The SMILES string of the molecule is COc1cc(-c2cc(N3CCNC3=O)ccc2S(=O)(=O)O)cc(OC)c1OC. The maximum absolute atomic E-state index is 12.0. The zero-order valence-corrected chi connectivity index (χ0v) is 16.4. The Morgan fingerprint density at radius 1 is 1.04 bits per heavy atom. The molecule has 0 saturated carbocycles. The van der Waals surface area contributed by atoms with Crippen molar-refractivity contribution in [1.82, 2.24) is 5.32 Å². The van der Waals surface area contributed by atoms with E-state index >= 15 is 0 Å². The summed E-state index contributed by atoms with van der Waals surface area (Å²) in [6.07, 6.45) is 0. The van der Waals surface area contributed by atoms with Gasteiger partial charge in [0, 0.05) is 24.3 Å². The highest BCUT2D eigenvalue weighted by molar-refractivity contribution is 7.86. The Labute approximate surface area is 162 Å². The number of carbonyl (C=O) groups excluding carboxylic acids is 1. The molecular formula is C18H20N2O7S. The van der Waals surface area contributed by atoms with E-state index in [1.807, 2.05) is 0 Å². The van der Waals surface area contributed by atoms with Gasteiger partial charge in [-0.15, -0.1) is 0 Å². The Morgan fingerprint density at radius 3 is 2.14 bits per heavy atom. The summed E-state index contributed by atoms with van der Waals surface area (Å²) in [6, 6.07) is 7.10. The van der Waals surface area contributed by atoms with Crippen molar-refractivity contribution in [2.75, 3.05) is 39.3 Å². The molecule has 0 aromatic heterocycles. The van der Waals surface area contributed by atoms with Crippen LogP contribution in [0.5, 0.6) is 17.2 Å². The highest BCUT2D eigenvalue weighted by Gasteiger charge is 2.25.